The van der Waals surface area contributed by atoms with Crippen LogP contribution in [0.3, 0.4) is 0 Å². The fourth-order valence-electron chi connectivity index (χ4n) is 6.14. The van der Waals surface area contributed by atoms with E-state index in [1.165, 1.54) is 26.4 Å². The normalized spacial score (nSPS) is 25.5. The van der Waals surface area contributed by atoms with Crippen molar-refractivity contribution in [3.05, 3.63) is 23.5 Å². The van der Waals surface area contributed by atoms with E-state index in [-0.39, 0.29) is 24.1 Å². The summed E-state index contributed by atoms with van der Waals surface area (Å²) in [6, 6.07) is 4.37. The van der Waals surface area contributed by atoms with Crippen LogP contribution in [-0.4, -0.2) is 39.9 Å². The number of ether oxygens (including phenoxy) is 1. The van der Waals surface area contributed by atoms with Gasteiger partial charge in [-0.2, -0.15) is 0 Å². The number of hydrogen-bond acceptors (Lipinski definition) is 4. The molecule has 0 bridgehead atoms. The lowest BCUT2D eigenvalue weighted by atomic mass is 9.82. The molecule has 2 heterocycles. The van der Waals surface area contributed by atoms with Crippen molar-refractivity contribution in [3.63, 3.8) is 0 Å². The predicted molar refractivity (Wildman–Crippen MR) is 127 cm³/mol. The summed E-state index contributed by atoms with van der Waals surface area (Å²) in [4.78, 5) is 31.2. The number of aryl methyl sites for hydroxylation is 2. The average molecular weight is 454 g/mol. The lowest BCUT2D eigenvalue weighted by Crippen LogP contribution is -2.42. The molecule has 1 aliphatic heterocycles. The number of amides is 1. The van der Waals surface area contributed by atoms with Crippen molar-refractivity contribution >= 4 is 28.8 Å². The number of carbonyl (C=O) groups excluding carboxylic acids is 1. The van der Waals surface area contributed by atoms with Gasteiger partial charge in [0.2, 0.25) is 0 Å². The number of methoxy groups -OCH3 is 1. The largest absolute Gasteiger partial charge is 0.481 e. The van der Waals surface area contributed by atoms with E-state index in [1.54, 1.807) is 4.90 Å². The maximum absolute atomic E-state index is 12.5. The van der Waals surface area contributed by atoms with Crippen LogP contribution in [-0.2, 0) is 22.4 Å². The maximum atomic E-state index is 12.5. The van der Waals surface area contributed by atoms with Crippen LogP contribution in [0.25, 0.3) is 11.0 Å². The second kappa shape index (κ2) is 8.99. The molecule has 3 aliphatic rings. The summed E-state index contributed by atoms with van der Waals surface area (Å²) in [6.07, 6.45) is 10.8. The molecule has 0 spiro atoms. The van der Waals surface area contributed by atoms with E-state index in [0.29, 0.717) is 6.42 Å². The molecular weight excluding hydrogens is 418 g/mol. The lowest BCUT2D eigenvalue weighted by Gasteiger charge is -2.34. The van der Waals surface area contributed by atoms with Crippen LogP contribution in [0.5, 0.6) is 0 Å². The fourth-order valence-corrected chi connectivity index (χ4v) is 6.14. The maximum Gasteiger partial charge on any atom is 0.414 e. The van der Waals surface area contributed by atoms with Crippen molar-refractivity contribution in [2.45, 2.75) is 89.6 Å². The number of benzene rings is 1. The highest BCUT2D eigenvalue weighted by atomic mass is 16.5. The molecule has 1 aromatic heterocycles. The molecule has 33 heavy (non-hydrogen) atoms. The van der Waals surface area contributed by atoms with Gasteiger partial charge in [0.1, 0.15) is 5.82 Å². The van der Waals surface area contributed by atoms with E-state index in [4.69, 9.17) is 9.72 Å². The number of carboxylic acids is 1. The molecular formula is C26H35N3O4. The molecule has 2 aliphatic carbocycles. The summed E-state index contributed by atoms with van der Waals surface area (Å²) in [6.45, 7) is 2.06. The van der Waals surface area contributed by atoms with E-state index in [9.17, 15) is 14.7 Å². The minimum Gasteiger partial charge on any atom is -0.481 e. The Kier molecular flexibility index (Phi) is 6.06. The van der Waals surface area contributed by atoms with Gasteiger partial charge in [0.05, 0.1) is 29.7 Å². The molecule has 1 unspecified atom stereocenters. The molecule has 7 heteroatoms. The molecule has 2 aromatic rings. The summed E-state index contributed by atoms with van der Waals surface area (Å²) in [5.41, 5.74) is 4.09. The van der Waals surface area contributed by atoms with Crippen LogP contribution >= 0.6 is 0 Å². The van der Waals surface area contributed by atoms with E-state index < -0.39 is 5.97 Å². The van der Waals surface area contributed by atoms with Gasteiger partial charge in [-0.3, -0.25) is 9.69 Å². The van der Waals surface area contributed by atoms with Gasteiger partial charge in [0, 0.05) is 24.1 Å². The van der Waals surface area contributed by atoms with Crippen molar-refractivity contribution in [1.82, 2.24) is 9.55 Å². The summed E-state index contributed by atoms with van der Waals surface area (Å²) < 4.78 is 7.44. The number of anilines is 1. The molecule has 1 aromatic carbocycles. The van der Waals surface area contributed by atoms with Crippen molar-refractivity contribution in [3.8, 4) is 0 Å². The molecule has 2 saturated carbocycles. The van der Waals surface area contributed by atoms with Crippen molar-refractivity contribution in [2.75, 3.05) is 12.0 Å². The zero-order chi connectivity index (χ0) is 23.1. The van der Waals surface area contributed by atoms with Crippen LogP contribution in [0.4, 0.5) is 10.5 Å². The highest BCUT2D eigenvalue weighted by molar-refractivity contribution is 5.95. The van der Waals surface area contributed by atoms with E-state index in [1.807, 2.05) is 6.07 Å². The van der Waals surface area contributed by atoms with Crippen LogP contribution in [0.1, 0.15) is 82.1 Å². The Labute approximate surface area is 195 Å². The Bertz CT molecular complexity index is 1060. The van der Waals surface area contributed by atoms with Crippen molar-refractivity contribution < 1.29 is 19.4 Å². The zero-order valence-electron chi connectivity index (χ0n) is 19.8. The number of imidazole rings is 1. The van der Waals surface area contributed by atoms with Gasteiger partial charge in [-0.1, -0.05) is 25.7 Å². The van der Waals surface area contributed by atoms with E-state index >= 15 is 0 Å². The molecule has 1 amide bonds. The van der Waals surface area contributed by atoms with Gasteiger partial charge in [-0.25, -0.2) is 9.78 Å². The summed E-state index contributed by atoms with van der Waals surface area (Å²) in [5.74, 6) is 0.916. The monoisotopic (exact) mass is 453 g/mol. The second-order valence-electron chi connectivity index (χ2n) is 10.2. The lowest BCUT2D eigenvalue weighted by molar-refractivity contribution is -0.143. The Morgan fingerprint density at radius 3 is 2.64 bits per heavy atom. The minimum atomic E-state index is -0.680. The molecule has 5 rings (SSSR count). The Balaban J connectivity index is 1.58. The summed E-state index contributed by atoms with van der Waals surface area (Å²) >= 11 is 0. The van der Waals surface area contributed by atoms with Crippen LogP contribution in [0.15, 0.2) is 12.1 Å². The van der Waals surface area contributed by atoms with Gasteiger partial charge < -0.3 is 14.4 Å². The van der Waals surface area contributed by atoms with Crippen LogP contribution < -0.4 is 4.90 Å². The number of aliphatic carboxylic acids is 1. The quantitative estimate of drug-likeness (QED) is 0.647. The highest BCUT2D eigenvalue weighted by Crippen LogP contribution is 2.41. The number of carbonyl (C=O) groups is 2. The fraction of sp³-hybridized carbons (Fsp3) is 0.654. The first-order valence-electron chi connectivity index (χ1n) is 12.6. The Hall–Kier alpha value is -2.57. The second-order valence-corrected chi connectivity index (χ2v) is 10.2. The molecule has 1 N–H and O–H groups in total. The van der Waals surface area contributed by atoms with E-state index in [0.717, 1.165) is 79.0 Å². The first-order valence-corrected chi connectivity index (χ1v) is 12.6. The number of hydrogen-bond donors (Lipinski definition) is 1. The van der Waals surface area contributed by atoms with Gasteiger partial charge in [-0.05, 0) is 63.5 Å². The van der Waals surface area contributed by atoms with Gasteiger partial charge in [0.25, 0.3) is 0 Å². The van der Waals surface area contributed by atoms with Gasteiger partial charge in [0.15, 0.2) is 0 Å². The van der Waals surface area contributed by atoms with Crippen molar-refractivity contribution in [1.29, 1.82) is 0 Å². The number of aromatic nitrogens is 2. The zero-order valence-corrected chi connectivity index (χ0v) is 19.8. The first kappa shape index (κ1) is 22.2. The number of rotatable bonds is 5. The smallest absolute Gasteiger partial charge is 0.414 e. The number of fused-ring (bicyclic) bond motifs is 3. The van der Waals surface area contributed by atoms with Crippen molar-refractivity contribution in [2.24, 2.45) is 11.8 Å². The van der Waals surface area contributed by atoms with Crippen LogP contribution in [0.2, 0.25) is 0 Å². The predicted octanol–water partition coefficient (Wildman–Crippen LogP) is 5.49. The first-order chi connectivity index (χ1) is 16.0. The molecule has 178 valence electrons. The average Bonchev–Trinajstić information content (AvgIpc) is 3.16. The van der Waals surface area contributed by atoms with Crippen LogP contribution in [0, 0.1) is 11.8 Å². The molecule has 7 nitrogen and oxygen atoms in total. The SMILES string of the molecule is COC(=O)N1c2ccc3c(nc(CCC4CCC4)n3[C@@H]3CCC[C@H](C(=O)O)C3)c2CCC1C. The van der Waals surface area contributed by atoms with Gasteiger partial charge >= 0.3 is 12.1 Å². The van der Waals surface area contributed by atoms with E-state index in [2.05, 4.69) is 17.6 Å². The number of nitrogens with zero attached hydrogens (tertiary/aromatic N) is 3. The molecule has 0 radical (unpaired) electrons. The summed E-state index contributed by atoms with van der Waals surface area (Å²) in [5, 5.41) is 9.67. The third-order valence-corrected chi connectivity index (χ3v) is 8.26. The Morgan fingerprint density at radius 1 is 1.15 bits per heavy atom. The Morgan fingerprint density at radius 2 is 1.94 bits per heavy atom. The van der Waals surface area contributed by atoms with Gasteiger partial charge in [-0.15, -0.1) is 0 Å². The minimum absolute atomic E-state index is 0.0808. The third-order valence-electron chi connectivity index (χ3n) is 8.26. The summed E-state index contributed by atoms with van der Waals surface area (Å²) in [7, 11) is 1.43. The highest BCUT2D eigenvalue weighted by Gasteiger charge is 2.34. The number of carboxylic acid groups (broad SMARTS) is 1. The third kappa shape index (κ3) is 4.00. The standard InChI is InChI=1S/C26H35N3O4/c1-16-9-11-20-21(28(16)26(32)33-2)12-13-22-24(20)27-23(14-10-17-5-3-6-17)29(22)19-8-4-7-18(15-19)25(30)31/h12-13,16-19H,3-11,14-15H2,1-2H3,(H,30,31)/t16?,18-,19+/m0/s1. The molecule has 3 atom stereocenters. The topological polar surface area (TPSA) is 84.7 Å². The molecule has 2 fully saturated rings. The molecule has 0 saturated heterocycles.